The van der Waals surface area contributed by atoms with Crippen molar-refractivity contribution in [2.24, 2.45) is 10.9 Å². The molecule has 0 saturated carbocycles. The molecule has 3 N–H and O–H groups in total. The molecule has 7 nitrogen and oxygen atoms in total. The van der Waals surface area contributed by atoms with Gasteiger partial charge in [0, 0.05) is 35.4 Å². The molecule has 3 atom stereocenters. The molecule has 1 saturated heterocycles. The summed E-state index contributed by atoms with van der Waals surface area (Å²) in [7, 11) is 0. The van der Waals surface area contributed by atoms with Gasteiger partial charge in [0.1, 0.15) is 12.4 Å². The zero-order valence-electron chi connectivity index (χ0n) is 24.9. The van der Waals surface area contributed by atoms with Crippen LogP contribution in [-0.4, -0.2) is 47.0 Å². The molecular weight excluding hydrogens is 524 g/mol. The predicted molar refractivity (Wildman–Crippen MR) is 168 cm³/mol. The van der Waals surface area contributed by atoms with Gasteiger partial charge in [-0.25, -0.2) is 0 Å². The maximum absolute atomic E-state index is 14.2. The molecule has 5 rings (SSSR count). The first-order valence-electron chi connectivity index (χ1n) is 15.4. The number of likely N-dealkylation sites (tertiary alicyclic amines) is 1. The van der Waals surface area contributed by atoms with Crippen LogP contribution in [-0.2, 0) is 17.8 Å². The van der Waals surface area contributed by atoms with E-state index in [2.05, 4.69) is 36.0 Å². The van der Waals surface area contributed by atoms with Crippen LogP contribution in [0.1, 0.15) is 80.5 Å². The number of benzene rings is 3. The third-order valence-electron chi connectivity index (χ3n) is 8.97. The standard InChI is InChI=1S/C35H44N4O3/c1-25-12-11-13-26(2)38(25)20-9-4-10-21-39-32-17-8-7-16-28(32)22-31(35(39)40)30-23-29(34(36)37-41)18-19-33(30)42-24-27-14-5-3-6-15-27/h3,5-8,14-19,23,25-26,31,41H,4,9-13,20-22,24H2,1-2H3,(H2,36,37)/t25-,26+,31?. The van der Waals surface area contributed by atoms with Gasteiger partial charge in [0.2, 0.25) is 5.91 Å². The third-order valence-corrected chi connectivity index (χ3v) is 8.97. The number of hydrogen-bond acceptors (Lipinski definition) is 5. The number of oxime groups is 1. The van der Waals surface area contributed by atoms with E-state index >= 15 is 0 Å². The number of amides is 1. The highest BCUT2D eigenvalue weighted by Crippen LogP contribution is 2.39. The van der Waals surface area contributed by atoms with Crippen molar-refractivity contribution in [3.05, 3.63) is 95.1 Å². The minimum Gasteiger partial charge on any atom is -0.489 e. The second-order valence-corrected chi connectivity index (χ2v) is 11.8. The molecule has 1 unspecified atom stereocenters. The summed E-state index contributed by atoms with van der Waals surface area (Å²) in [6, 6.07) is 24.9. The smallest absolute Gasteiger partial charge is 0.235 e. The molecule has 0 spiro atoms. The number of nitrogens with two attached hydrogens (primary N) is 1. The van der Waals surface area contributed by atoms with Crippen molar-refractivity contribution < 1.29 is 14.7 Å². The maximum atomic E-state index is 14.2. The number of amidine groups is 1. The topological polar surface area (TPSA) is 91.4 Å². The van der Waals surface area contributed by atoms with E-state index in [0.29, 0.717) is 43.0 Å². The van der Waals surface area contributed by atoms with Gasteiger partial charge in [-0.15, -0.1) is 0 Å². The fourth-order valence-electron chi connectivity index (χ4n) is 6.60. The van der Waals surface area contributed by atoms with Crippen LogP contribution in [0.4, 0.5) is 5.69 Å². The normalized spacial score (nSPS) is 21.3. The third kappa shape index (κ3) is 6.79. The second-order valence-electron chi connectivity index (χ2n) is 11.8. The Morgan fingerprint density at radius 2 is 1.67 bits per heavy atom. The Morgan fingerprint density at radius 3 is 2.43 bits per heavy atom. The number of ether oxygens (including phenoxy) is 1. The van der Waals surface area contributed by atoms with Gasteiger partial charge < -0.3 is 20.6 Å². The molecule has 42 heavy (non-hydrogen) atoms. The first-order valence-corrected chi connectivity index (χ1v) is 15.4. The lowest BCUT2D eigenvalue weighted by atomic mass is 9.85. The Bertz CT molecular complexity index is 1370. The van der Waals surface area contributed by atoms with Crippen LogP contribution in [0.15, 0.2) is 78.0 Å². The van der Waals surface area contributed by atoms with Gasteiger partial charge in [-0.1, -0.05) is 66.5 Å². The molecule has 0 aromatic heterocycles. The zero-order valence-corrected chi connectivity index (χ0v) is 24.9. The van der Waals surface area contributed by atoms with E-state index in [-0.39, 0.29) is 11.7 Å². The quantitative estimate of drug-likeness (QED) is 0.0910. The number of anilines is 1. The van der Waals surface area contributed by atoms with Crippen LogP contribution in [0.25, 0.3) is 0 Å². The highest BCUT2D eigenvalue weighted by molar-refractivity contribution is 6.02. The molecule has 3 aromatic rings. The molecule has 2 aliphatic rings. The first kappa shape index (κ1) is 29.6. The highest BCUT2D eigenvalue weighted by atomic mass is 16.5. The van der Waals surface area contributed by atoms with Crippen LogP contribution in [0.5, 0.6) is 5.75 Å². The molecule has 0 bridgehead atoms. The summed E-state index contributed by atoms with van der Waals surface area (Å²) in [6.45, 7) is 6.89. The number of rotatable bonds is 11. The van der Waals surface area contributed by atoms with Crippen molar-refractivity contribution in [2.75, 3.05) is 18.0 Å². The van der Waals surface area contributed by atoms with E-state index in [1.54, 1.807) is 6.07 Å². The number of carbonyl (C=O) groups excluding carboxylic acids is 1. The number of unbranched alkanes of at least 4 members (excludes halogenated alkanes) is 2. The van der Waals surface area contributed by atoms with Crippen LogP contribution in [0, 0.1) is 0 Å². The maximum Gasteiger partial charge on any atom is 0.235 e. The second kappa shape index (κ2) is 13.9. The number of piperidine rings is 1. The lowest BCUT2D eigenvalue weighted by Crippen LogP contribution is -2.44. The van der Waals surface area contributed by atoms with Crippen molar-refractivity contribution in [1.29, 1.82) is 0 Å². The monoisotopic (exact) mass is 568 g/mol. The van der Waals surface area contributed by atoms with Gasteiger partial charge in [-0.3, -0.25) is 9.69 Å². The largest absolute Gasteiger partial charge is 0.489 e. The summed E-state index contributed by atoms with van der Waals surface area (Å²) >= 11 is 0. The molecule has 2 heterocycles. The summed E-state index contributed by atoms with van der Waals surface area (Å²) in [6.07, 6.45) is 7.65. The van der Waals surface area contributed by atoms with E-state index in [0.717, 1.165) is 48.2 Å². The lowest BCUT2D eigenvalue weighted by Gasteiger charge is -2.39. The molecule has 2 aliphatic heterocycles. The van der Waals surface area contributed by atoms with Gasteiger partial charge in [0.15, 0.2) is 5.84 Å². The molecular formula is C35H44N4O3. The lowest BCUT2D eigenvalue weighted by molar-refractivity contribution is -0.120. The van der Waals surface area contributed by atoms with E-state index < -0.39 is 5.92 Å². The van der Waals surface area contributed by atoms with Crippen molar-refractivity contribution >= 4 is 17.4 Å². The van der Waals surface area contributed by atoms with Gasteiger partial charge in [-0.2, -0.15) is 0 Å². The van der Waals surface area contributed by atoms with E-state index in [1.165, 1.54) is 19.3 Å². The number of para-hydroxylation sites is 1. The van der Waals surface area contributed by atoms with Crippen molar-refractivity contribution in [2.45, 2.75) is 83.4 Å². The van der Waals surface area contributed by atoms with Gasteiger partial charge in [0.05, 0.1) is 5.92 Å². The molecule has 7 heteroatoms. The Labute approximate surface area is 250 Å². The van der Waals surface area contributed by atoms with Crippen molar-refractivity contribution in [3.8, 4) is 5.75 Å². The molecule has 0 radical (unpaired) electrons. The van der Waals surface area contributed by atoms with Crippen molar-refractivity contribution in [1.82, 2.24) is 4.90 Å². The Balaban J connectivity index is 1.34. The molecule has 222 valence electrons. The van der Waals surface area contributed by atoms with E-state index in [9.17, 15) is 10.0 Å². The number of carbonyl (C=O) groups is 1. The van der Waals surface area contributed by atoms with Crippen molar-refractivity contribution in [3.63, 3.8) is 0 Å². The summed E-state index contributed by atoms with van der Waals surface area (Å²) < 4.78 is 6.29. The molecule has 1 fully saturated rings. The summed E-state index contributed by atoms with van der Waals surface area (Å²) in [5.41, 5.74) is 10.5. The fraction of sp³-hybridized carbons (Fsp3) is 0.429. The molecule has 1 amide bonds. The Hall–Kier alpha value is -3.84. The number of fused-ring (bicyclic) bond motifs is 1. The number of hydrogen-bond donors (Lipinski definition) is 2. The predicted octanol–water partition coefficient (Wildman–Crippen LogP) is 6.47. The van der Waals surface area contributed by atoms with Gasteiger partial charge in [0.25, 0.3) is 0 Å². The minimum absolute atomic E-state index is 0.00344. The minimum atomic E-state index is -0.438. The Kier molecular flexibility index (Phi) is 9.80. The fourth-order valence-corrected chi connectivity index (χ4v) is 6.60. The summed E-state index contributed by atoms with van der Waals surface area (Å²) in [5, 5.41) is 12.5. The number of nitrogens with zero attached hydrogens (tertiary/aromatic N) is 3. The average Bonchev–Trinajstić information content (AvgIpc) is 3.02. The van der Waals surface area contributed by atoms with E-state index in [4.69, 9.17) is 10.5 Å². The average molecular weight is 569 g/mol. The molecule has 0 aliphatic carbocycles. The first-order chi connectivity index (χ1) is 20.5. The van der Waals surface area contributed by atoms with E-state index in [1.807, 2.05) is 59.5 Å². The zero-order chi connectivity index (χ0) is 29.5. The van der Waals surface area contributed by atoms with Crippen LogP contribution < -0.4 is 15.4 Å². The van der Waals surface area contributed by atoms with Gasteiger partial charge in [-0.05, 0) is 87.9 Å². The molecule has 3 aromatic carbocycles. The van der Waals surface area contributed by atoms with Gasteiger partial charge >= 0.3 is 0 Å². The summed E-state index contributed by atoms with van der Waals surface area (Å²) in [5.74, 6) is 0.264. The highest BCUT2D eigenvalue weighted by Gasteiger charge is 2.35. The summed E-state index contributed by atoms with van der Waals surface area (Å²) in [4.78, 5) is 18.8. The Morgan fingerprint density at radius 1 is 0.952 bits per heavy atom. The van der Waals surface area contributed by atoms with Crippen LogP contribution in [0.3, 0.4) is 0 Å². The van der Waals surface area contributed by atoms with Crippen LogP contribution in [0.2, 0.25) is 0 Å². The van der Waals surface area contributed by atoms with Crippen LogP contribution >= 0.6 is 0 Å². The SMILES string of the molecule is C[C@@H]1CCC[C@H](C)N1CCCCCN1C(=O)C(c2cc(C(N)=NO)ccc2OCc2ccccc2)Cc2ccccc21.